The van der Waals surface area contributed by atoms with Gasteiger partial charge in [0.2, 0.25) is 0 Å². The lowest BCUT2D eigenvalue weighted by molar-refractivity contribution is 0.262. The highest BCUT2D eigenvalue weighted by atomic mass is 19.1. The molecule has 4 aromatic rings. The van der Waals surface area contributed by atoms with E-state index >= 15 is 0 Å². The predicted molar refractivity (Wildman–Crippen MR) is 121 cm³/mol. The normalized spacial score (nSPS) is 10.7. The second-order valence-electron chi connectivity index (χ2n) is 7.30. The van der Waals surface area contributed by atoms with Crippen LogP contribution in [0.3, 0.4) is 0 Å². The van der Waals surface area contributed by atoms with Crippen molar-refractivity contribution in [2.75, 3.05) is 10.6 Å². The maximum Gasteiger partial charge on any atom is 0.323 e. The molecule has 2 aromatic heterocycles. The second-order valence-corrected chi connectivity index (χ2v) is 7.30. The smallest absolute Gasteiger partial charge is 0.323 e. The second kappa shape index (κ2) is 8.89. The number of carbonyl (C=O) groups excluding carboxylic acids is 1. The first-order valence-corrected chi connectivity index (χ1v) is 9.94. The van der Waals surface area contributed by atoms with E-state index in [1.54, 1.807) is 42.6 Å². The molecule has 0 unspecified atom stereocenters. The molecule has 162 valence electrons. The maximum absolute atomic E-state index is 13.7. The Hall–Kier alpha value is -4.20. The lowest BCUT2D eigenvalue weighted by atomic mass is 10.2. The van der Waals surface area contributed by atoms with Gasteiger partial charge in [0.1, 0.15) is 23.8 Å². The average Bonchev–Trinajstić information content (AvgIpc) is 2.76. The number of nitrogens with one attached hydrogen (secondary N) is 2. The van der Waals surface area contributed by atoms with Crippen molar-refractivity contribution in [1.29, 1.82) is 0 Å². The van der Waals surface area contributed by atoms with Crippen molar-refractivity contribution in [3.63, 3.8) is 0 Å². The van der Waals surface area contributed by atoms with Crippen LogP contribution in [0.2, 0.25) is 0 Å². The number of carbonyl (C=O) groups is 1. The van der Waals surface area contributed by atoms with Gasteiger partial charge in [-0.15, -0.1) is 0 Å². The van der Waals surface area contributed by atoms with E-state index in [2.05, 4.69) is 15.6 Å². The van der Waals surface area contributed by atoms with Crippen LogP contribution in [0.25, 0.3) is 5.65 Å². The number of urea groups is 1. The molecule has 2 N–H and O–H groups in total. The number of fused-ring (bicyclic) bond motifs is 1. The fraction of sp³-hybridized carbons (Fsp3) is 0.125. The maximum atomic E-state index is 13.7. The Labute approximate surface area is 183 Å². The van der Waals surface area contributed by atoms with Gasteiger partial charge in [0.25, 0.3) is 5.56 Å². The molecule has 0 aliphatic carbocycles. The van der Waals surface area contributed by atoms with Gasteiger partial charge in [0.05, 0.1) is 11.4 Å². The van der Waals surface area contributed by atoms with Crippen molar-refractivity contribution in [2.45, 2.75) is 20.5 Å². The highest BCUT2D eigenvalue weighted by Crippen LogP contribution is 2.24. The first-order valence-electron chi connectivity index (χ1n) is 9.94. The van der Waals surface area contributed by atoms with E-state index < -0.39 is 11.8 Å². The first-order chi connectivity index (χ1) is 15.4. The molecule has 0 aliphatic rings. The topological polar surface area (TPSA) is 84.7 Å². The van der Waals surface area contributed by atoms with Gasteiger partial charge in [-0.1, -0.05) is 24.3 Å². The Kier molecular flexibility index (Phi) is 5.85. The Bertz CT molecular complexity index is 1370. The van der Waals surface area contributed by atoms with E-state index in [4.69, 9.17) is 4.74 Å². The number of anilines is 2. The molecule has 0 saturated heterocycles. The van der Waals surface area contributed by atoms with Gasteiger partial charge in [-0.25, -0.2) is 14.2 Å². The third-order valence-corrected chi connectivity index (χ3v) is 4.88. The zero-order valence-electron chi connectivity index (χ0n) is 17.6. The van der Waals surface area contributed by atoms with E-state index in [0.717, 1.165) is 11.1 Å². The Morgan fingerprint density at radius 1 is 1.03 bits per heavy atom. The quantitative estimate of drug-likeness (QED) is 0.480. The zero-order valence-corrected chi connectivity index (χ0v) is 17.6. The Balaban J connectivity index is 1.48. The van der Waals surface area contributed by atoms with Crippen molar-refractivity contribution < 1.29 is 13.9 Å². The molecular weight excluding hydrogens is 411 g/mol. The lowest BCUT2D eigenvalue weighted by Crippen LogP contribution is -2.20. The number of nitrogens with zero attached hydrogens (tertiary/aromatic N) is 2. The highest BCUT2D eigenvalue weighted by molar-refractivity contribution is 5.99. The van der Waals surface area contributed by atoms with Crippen LogP contribution in [0.15, 0.2) is 71.7 Å². The molecule has 2 aromatic carbocycles. The zero-order chi connectivity index (χ0) is 22.7. The number of hydrogen-bond donors (Lipinski definition) is 2. The van der Waals surface area contributed by atoms with E-state index in [0.29, 0.717) is 22.8 Å². The Morgan fingerprint density at radius 3 is 2.66 bits per heavy atom. The van der Waals surface area contributed by atoms with Gasteiger partial charge in [-0.2, -0.15) is 0 Å². The van der Waals surface area contributed by atoms with Crippen molar-refractivity contribution >= 4 is 23.1 Å². The SMILES string of the molecule is Cc1ccc(NC(=O)Nc2ccccc2F)cc1OCc1cc(=O)n2cccc(C)c2n1. The number of aryl methyl sites for hydroxylation is 2. The standard InChI is InChI=1S/C24H21FN4O3/c1-15-9-10-17(27-24(31)28-20-8-4-3-7-19(20)25)12-21(15)32-14-18-13-22(30)29-11-5-6-16(2)23(29)26-18/h3-13H,14H2,1-2H3,(H2,27,28,31). The summed E-state index contributed by atoms with van der Waals surface area (Å²) < 4.78 is 21.1. The number of rotatable bonds is 5. The van der Waals surface area contributed by atoms with Crippen molar-refractivity contribution in [2.24, 2.45) is 0 Å². The number of amides is 2. The van der Waals surface area contributed by atoms with Crippen LogP contribution in [0.4, 0.5) is 20.6 Å². The molecule has 0 saturated carbocycles. The molecule has 0 bridgehead atoms. The van der Waals surface area contributed by atoms with Crippen LogP contribution in [0, 0.1) is 19.7 Å². The third-order valence-electron chi connectivity index (χ3n) is 4.88. The summed E-state index contributed by atoms with van der Waals surface area (Å²) >= 11 is 0. The number of benzene rings is 2. The Morgan fingerprint density at radius 2 is 1.84 bits per heavy atom. The van der Waals surface area contributed by atoms with E-state index in [1.165, 1.54) is 22.6 Å². The number of aromatic nitrogens is 2. The molecular formula is C24H21FN4O3. The van der Waals surface area contributed by atoms with Gasteiger partial charge in [-0.05, 0) is 49.2 Å². The summed E-state index contributed by atoms with van der Waals surface area (Å²) in [6, 6.07) is 15.6. The highest BCUT2D eigenvalue weighted by Gasteiger charge is 2.10. The predicted octanol–water partition coefficient (Wildman–Crippen LogP) is 4.67. The number of hydrogen-bond acceptors (Lipinski definition) is 4. The molecule has 2 amide bonds. The summed E-state index contributed by atoms with van der Waals surface area (Å²) in [5.41, 5.74) is 3.18. The largest absolute Gasteiger partial charge is 0.487 e. The monoisotopic (exact) mass is 432 g/mol. The molecule has 0 aliphatic heterocycles. The van der Waals surface area contributed by atoms with Crippen molar-refractivity contribution in [3.8, 4) is 5.75 Å². The molecule has 0 spiro atoms. The first kappa shape index (κ1) is 21.0. The molecule has 32 heavy (non-hydrogen) atoms. The number of para-hydroxylation sites is 1. The summed E-state index contributed by atoms with van der Waals surface area (Å²) in [7, 11) is 0. The number of halogens is 1. The number of pyridine rings is 1. The minimum atomic E-state index is -0.579. The van der Waals surface area contributed by atoms with Gasteiger partial charge in [0, 0.05) is 24.0 Å². The van der Waals surface area contributed by atoms with Gasteiger partial charge < -0.3 is 15.4 Å². The fourth-order valence-corrected chi connectivity index (χ4v) is 3.22. The van der Waals surface area contributed by atoms with Gasteiger partial charge in [-0.3, -0.25) is 9.20 Å². The minimum Gasteiger partial charge on any atom is -0.487 e. The van der Waals surface area contributed by atoms with Crippen LogP contribution >= 0.6 is 0 Å². The minimum absolute atomic E-state index is 0.0811. The third kappa shape index (κ3) is 4.59. The summed E-state index contributed by atoms with van der Waals surface area (Å²) in [5.74, 6) is 0.00470. The van der Waals surface area contributed by atoms with E-state index in [-0.39, 0.29) is 17.9 Å². The van der Waals surface area contributed by atoms with Crippen molar-refractivity contribution in [3.05, 3.63) is 99.9 Å². The molecule has 0 fully saturated rings. The summed E-state index contributed by atoms with van der Waals surface area (Å²) in [5, 5.41) is 5.12. The van der Waals surface area contributed by atoms with Crippen LogP contribution in [-0.2, 0) is 6.61 Å². The average molecular weight is 432 g/mol. The summed E-state index contributed by atoms with van der Waals surface area (Å²) in [6.07, 6.45) is 1.67. The molecule has 4 rings (SSSR count). The van der Waals surface area contributed by atoms with Gasteiger partial charge in [0.15, 0.2) is 0 Å². The van der Waals surface area contributed by atoms with E-state index in [9.17, 15) is 14.0 Å². The molecule has 0 atom stereocenters. The van der Waals surface area contributed by atoms with Crippen molar-refractivity contribution in [1.82, 2.24) is 9.38 Å². The molecule has 7 nitrogen and oxygen atoms in total. The van der Waals surface area contributed by atoms with E-state index in [1.807, 2.05) is 19.9 Å². The summed E-state index contributed by atoms with van der Waals surface area (Å²) in [4.78, 5) is 29.1. The lowest BCUT2D eigenvalue weighted by Gasteiger charge is -2.13. The fourth-order valence-electron chi connectivity index (χ4n) is 3.22. The van der Waals surface area contributed by atoms with Crippen LogP contribution < -0.4 is 20.9 Å². The van der Waals surface area contributed by atoms with Crippen LogP contribution in [-0.4, -0.2) is 15.4 Å². The molecule has 8 heteroatoms. The van der Waals surface area contributed by atoms with Gasteiger partial charge >= 0.3 is 6.03 Å². The number of ether oxygens (including phenoxy) is 1. The molecule has 0 radical (unpaired) electrons. The van der Waals surface area contributed by atoms with Crippen LogP contribution in [0.1, 0.15) is 16.8 Å². The van der Waals surface area contributed by atoms with Crippen LogP contribution in [0.5, 0.6) is 5.75 Å². The summed E-state index contributed by atoms with van der Waals surface area (Å²) in [6.45, 7) is 3.84. The molecule has 2 heterocycles.